The van der Waals surface area contributed by atoms with E-state index in [9.17, 15) is 4.79 Å². The fraction of sp³-hybridized carbons (Fsp3) is 0.286. The number of para-hydroxylation sites is 2. The Labute approximate surface area is 154 Å². The van der Waals surface area contributed by atoms with E-state index in [0.29, 0.717) is 17.0 Å². The first-order valence-electron chi connectivity index (χ1n) is 8.93. The first-order valence-corrected chi connectivity index (χ1v) is 8.93. The maximum absolute atomic E-state index is 13.0. The third-order valence-electron chi connectivity index (χ3n) is 4.31. The van der Waals surface area contributed by atoms with Gasteiger partial charge in [0.2, 0.25) is 0 Å². The van der Waals surface area contributed by atoms with Crippen molar-refractivity contribution < 1.29 is 4.79 Å². The highest BCUT2D eigenvalue weighted by Crippen LogP contribution is 2.22. The fourth-order valence-corrected chi connectivity index (χ4v) is 3.12. The summed E-state index contributed by atoms with van der Waals surface area (Å²) in [5.74, 6) is 0.380. The van der Waals surface area contributed by atoms with Crippen LogP contribution in [0.5, 0.6) is 0 Å². The number of aromatic nitrogens is 2. The van der Waals surface area contributed by atoms with Gasteiger partial charge in [0.25, 0.3) is 5.91 Å². The summed E-state index contributed by atoms with van der Waals surface area (Å²) in [6, 6.07) is 13.6. The lowest BCUT2D eigenvalue weighted by Crippen LogP contribution is -2.27. The standard InChI is InChI=1S/C21H24N4O/c1-5-25(6-2)20-19(23-17-9-7-8-10-18(17)24-20)21(26)22-16-12-14(3)11-15(4)13-16/h7-13H,5-6H2,1-4H3,(H,22,26). The highest BCUT2D eigenvalue weighted by molar-refractivity contribution is 6.07. The van der Waals surface area contributed by atoms with Gasteiger partial charge in [-0.25, -0.2) is 9.97 Å². The summed E-state index contributed by atoms with van der Waals surface area (Å²) in [6.45, 7) is 9.64. The van der Waals surface area contributed by atoms with Crippen LogP contribution in [0.15, 0.2) is 42.5 Å². The van der Waals surface area contributed by atoms with Crippen LogP contribution in [0, 0.1) is 13.8 Å². The molecule has 0 saturated carbocycles. The molecule has 26 heavy (non-hydrogen) atoms. The molecular weight excluding hydrogens is 324 g/mol. The van der Waals surface area contributed by atoms with Gasteiger partial charge in [0, 0.05) is 18.8 Å². The second-order valence-corrected chi connectivity index (χ2v) is 6.39. The molecular formula is C21H24N4O. The zero-order valence-corrected chi connectivity index (χ0v) is 15.7. The normalized spacial score (nSPS) is 10.8. The molecule has 0 aliphatic rings. The first-order chi connectivity index (χ1) is 12.5. The van der Waals surface area contributed by atoms with E-state index in [4.69, 9.17) is 4.98 Å². The molecule has 0 atom stereocenters. The van der Waals surface area contributed by atoms with Gasteiger partial charge in [0.1, 0.15) is 0 Å². The predicted molar refractivity (Wildman–Crippen MR) is 107 cm³/mol. The summed E-state index contributed by atoms with van der Waals surface area (Å²) in [5.41, 5.74) is 4.84. The van der Waals surface area contributed by atoms with E-state index in [1.807, 2.05) is 64.1 Å². The van der Waals surface area contributed by atoms with Gasteiger partial charge in [-0.3, -0.25) is 4.79 Å². The lowest BCUT2D eigenvalue weighted by atomic mass is 10.1. The maximum atomic E-state index is 13.0. The SMILES string of the molecule is CCN(CC)c1nc2ccccc2nc1C(=O)Nc1cc(C)cc(C)c1. The fourth-order valence-electron chi connectivity index (χ4n) is 3.12. The van der Waals surface area contributed by atoms with Crippen LogP contribution in [0.1, 0.15) is 35.5 Å². The average molecular weight is 348 g/mol. The van der Waals surface area contributed by atoms with Crippen LogP contribution in [0.2, 0.25) is 0 Å². The van der Waals surface area contributed by atoms with Gasteiger partial charge in [-0.05, 0) is 63.1 Å². The van der Waals surface area contributed by atoms with E-state index in [0.717, 1.165) is 35.4 Å². The summed E-state index contributed by atoms with van der Waals surface area (Å²) in [4.78, 5) is 24.4. The van der Waals surface area contributed by atoms with Crippen LogP contribution in [0.3, 0.4) is 0 Å². The summed E-state index contributed by atoms with van der Waals surface area (Å²) in [5, 5.41) is 2.98. The van der Waals surface area contributed by atoms with Crippen LogP contribution in [0.4, 0.5) is 11.5 Å². The van der Waals surface area contributed by atoms with E-state index in [1.54, 1.807) is 0 Å². The number of hydrogen-bond acceptors (Lipinski definition) is 4. The van der Waals surface area contributed by atoms with Crippen molar-refractivity contribution in [1.29, 1.82) is 0 Å². The van der Waals surface area contributed by atoms with Gasteiger partial charge in [-0.15, -0.1) is 0 Å². The Bertz CT molecular complexity index is 928. The third kappa shape index (κ3) is 3.67. The molecule has 5 heteroatoms. The van der Waals surface area contributed by atoms with Crippen molar-refractivity contribution in [3.05, 3.63) is 59.3 Å². The molecule has 1 aromatic heterocycles. The number of benzene rings is 2. The molecule has 134 valence electrons. The van der Waals surface area contributed by atoms with Crippen LogP contribution in [0.25, 0.3) is 11.0 Å². The van der Waals surface area contributed by atoms with E-state index in [-0.39, 0.29) is 5.91 Å². The van der Waals surface area contributed by atoms with Crippen molar-refractivity contribution in [1.82, 2.24) is 9.97 Å². The van der Waals surface area contributed by atoms with Crippen LogP contribution < -0.4 is 10.2 Å². The number of rotatable bonds is 5. The first kappa shape index (κ1) is 17.9. The monoisotopic (exact) mass is 348 g/mol. The molecule has 5 nitrogen and oxygen atoms in total. The zero-order valence-electron chi connectivity index (χ0n) is 15.7. The number of fused-ring (bicyclic) bond motifs is 1. The van der Waals surface area contributed by atoms with Crippen molar-refractivity contribution in [2.24, 2.45) is 0 Å². The van der Waals surface area contributed by atoms with Crippen LogP contribution in [-0.4, -0.2) is 29.0 Å². The summed E-state index contributed by atoms with van der Waals surface area (Å²) in [7, 11) is 0. The molecule has 0 unspecified atom stereocenters. The maximum Gasteiger partial charge on any atom is 0.278 e. The van der Waals surface area contributed by atoms with Crippen molar-refractivity contribution in [2.75, 3.05) is 23.3 Å². The Morgan fingerprint density at radius 1 is 0.962 bits per heavy atom. The number of anilines is 2. The molecule has 0 radical (unpaired) electrons. The Morgan fingerprint density at radius 3 is 2.12 bits per heavy atom. The Hall–Kier alpha value is -2.95. The minimum Gasteiger partial charge on any atom is -0.355 e. The molecule has 1 amide bonds. The molecule has 0 aliphatic carbocycles. The number of aryl methyl sites for hydroxylation is 2. The number of carbonyl (C=O) groups is 1. The third-order valence-corrected chi connectivity index (χ3v) is 4.31. The van der Waals surface area contributed by atoms with Gasteiger partial charge < -0.3 is 10.2 Å². The van der Waals surface area contributed by atoms with Gasteiger partial charge in [-0.2, -0.15) is 0 Å². The quantitative estimate of drug-likeness (QED) is 0.745. The molecule has 3 rings (SSSR count). The molecule has 0 bridgehead atoms. The van der Waals surface area contributed by atoms with Crippen LogP contribution in [-0.2, 0) is 0 Å². The van der Waals surface area contributed by atoms with E-state index in [1.165, 1.54) is 0 Å². The zero-order chi connectivity index (χ0) is 18.7. The highest BCUT2D eigenvalue weighted by atomic mass is 16.1. The van der Waals surface area contributed by atoms with Gasteiger partial charge >= 0.3 is 0 Å². The lowest BCUT2D eigenvalue weighted by Gasteiger charge is -2.22. The molecule has 0 aliphatic heterocycles. The summed E-state index contributed by atoms with van der Waals surface area (Å²) >= 11 is 0. The number of amides is 1. The molecule has 1 N–H and O–H groups in total. The largest absolute Gasteiger partial charge is 0.355 e. The number of carbonyl (C=O) groups excluding carboxylic acids is 1. The lowest BCUT2D eigenvalue weighted by molar-refractivity contribution is 0.102. The van der Waals surface area contributed by atoms with Crippen molar-refractivity contribution >= 4 is 28.4 Å². The minimum atomic E-state index is -0.241. The molecule has 1 heterocycles. The van der Waals surface area contributed by atoms with Gasteiger partial charge in [-0.1, -0.05) is 18.2 Å². The predicted octanol–water partition coefficient (Wildman–Crippen LogP) is 4.35. The highest BCUT2D eigenvalue weighted by Gasteiger charge is 2.20. The van der Waals surface area contributed by atoms with Crippen molar-refractivity contribution in [3.8, 4) is 0 Å². The summed E-state index contributed by atoms with van der Waals surface area (Å²) in [6.07, 6.45) is 0. The van der Waals surface area contributed by atoms with Gasteiger partial charge in [0.15, 0.2) is 11.5 Å². The average Bonchev–Trinajstić information content (AvgIpc) is 2.61. The molecule has 0 saturated heterocycles. The number of nitrogens with one attached hydrogen (secondary N) is 1. The van der Waals surface area contributed by atoms with Crippen molar-refractivity contribution in [3.63, 3.8) is 0 Å². The van der Waals surface area contributed by atoms with Gasteiger partial charge in [0.05, 0.1) is 11.0 Å². The van der Waals surface area contributed by atoms with Crippen LogP contribution >= 0.6 is 0 Å². The molecule has 2 aromatic carbocycles. The Kier molecular flexibility index (Phi) is 5.16. The van der Waals surface area contributed by atoms with Crippen molar-refractivity contribution in [2.45, 2.75) is 27.7 Å². The second kappa shape index (κ2) is 7.52. The Morgan fingerprint density at radius 2 is 1.54 bits per heavy atom. The summed E-state index contributed by atoms with van der Waals surface area (Å²) < 4.78 is 0. The minimum absolute atomic E-state index is 0.241. The molecule has 0 fully saturated rings. The smallest absolute Gasteiger partial charge is 0.278 e. The van der Waals surface area contributed by atoms with E-state index >= 15 is 0 Å². The second-order valence-electron chi connectivity index (χ2n) is 6.39. The topological polar surface area (TPSA) is 58.1 Å². The molecule has 3 aromatic rings. The molecule has 0 spiro atoms. The number of hydrogen-bond donors (Lipinski definition) is 1. The Balaban J connectivity index is 2.06. The van der Waals surface area contributed by atoms with E-state index in [2.05, 4.69) is 21.3 Å². The van der Waals surface area contributed by atoms with E-state index < -0.39 is 0 Å². The number of nitrogens with zero attached hydrogens (tertiary/aromatic N) is 3.